The van der Waals surface area contributed by atoms with Gasteiger partial charge in [-0.3, -0.25) is 9.00 Å². The molecule has 100 valence electrons. The Morgan fingerprint density at radius 3 is 2.76 bits per heavy atom. The number of hydrogen-bond donors (Lipinski definition) is 2. The van der Waals surface area contributed by atoms with Crippen molar-refractivity contribution in [3.05, 3.63) is 0 Å². The molecule has 1 aliphatic rings. The third-order valence-electron chi connectivity index (χ3n) is 2.51. The first kappa shape index (κ1) is 14.6. The summed E-state index contributed by atoms with van der Waals surface area (Å²) >= 11 is 0. The fourth-order valence-corrected chi connectivity index (χ4v) is 2.33. The molecular weight excluding hydrogens is 240 g/mol. The van der Waals surface area contributed by atoms with Crippen LogP contribution in [-0.2, 0) is 20.3 Å². The maximum absolute atomic E-state index is 11.7. The molecule has 6 heteroatoms. The van der Waals surface area contributed by atoms with Gasteiger partial charge in [0, 0.05) is 34.4 Å². The lowest BCUT2D eigenvalue weighted by atomic mass is 10.2. The van der Waals surface area contributed by atoms with Crippen LogP contribution in [0.3, 0.4) is 0 Å². The van der Waals surface area contributed by atoms with E-state index >= 15 is 0 Å². The number of nitrogens with one attached hydrogen (secondary N) is 2. The summed E-state index contributed by atoms with van der Waals surface area (Å²) in [6, 6.07) is -0.271. The van der Waals surface area contributed by atoms with Gasteiger partial charge in [0.25, 0.3) is 0 Å². The fraction of sp³-hybridized carbons (Fsp3) is 0.909. The Bertz CT molecular complexity index is 283. The second-order valence-electron chi connectivity index (χ2n) is 5.03. The van der Waals surface area contributed by atoms with Crippen LogP contribution in [0.4, 0.5) is 0 Å². The Morgan fingerprint density at radius 1 is 1.53 bits per heavy atom. The Hall–Kier alpha value is -0.460. The highest BCUT2D eigenvalue weighted by Crippen LogP contribution is 2.10. The van der Waals surface area contributed by atoms with Crippen molar-refractivity contribution >= 4 is 16.7 Å². The molecule has 0 bridgehead atoms. The van der Waals surface area contributed by atoms with E-state index in [2.05, 4.69) is 10.6 Å². The number of morpholine rings is 1. The lowest BCUT2D eigenvalue weighted by Crippen LogP contribution is -2.51. The smallest absolute Gasteiger partial charge is 0.239 e. The summed E-state index contributed by atoms with van der Waals surface area (Å²) in [6.45, 7) is 8.00. The summed E-state index contributed by atoms with van der Waals surface area (Å²) in [4.78, 5) is 11.7. The van der Waals surface area contributed by atoms with Gasteiger partial charge in [0.2, 0.25) is 5.91 Å². The zero-order chi connectivity index (χ0) is 12.9. The van der Waals surface area contributed by atoms with Gasteiger partial charge in [0.1, 0.15) is 6.04 Å². The summed E-state index contributed by atoms with van der Waals surface area (Å²) in [6.07, 6.45) is 0. The second kappa shape index (κ2) is 6.47. The van der Waals surface area contributed by atoms with Gasteiger partial charge in [0.05, 0.1) is 13.2 Å². The molecule has 2 N–H and O–H groups in total. The standard InChI is InChI=1S/C11H22N2O3S/c1-11(2,3)17(15)7-5-13-10(14)9-8-16-6-4-12-9/h9,12H,4-8H2,1-3H3,(H,13,14). The third kappa shape index (κ3) is 5.14. The Kier molecular flexibility index (Phi) is 5.55. The van der Waals surface area contributed by atoms with Crippen LogP contribution in [0, 0.1) is 0 Å². The van der Waals surface area contributed by atoms with Crippen LogP contribution in [0.1, 0.15) is 20.8 Å². The van der Waals surface area contributed by atoms with E-state index in [4.69, 9.17) is 4.74 Å². The van der Waals surface area contributed by atoms with E-state index in [-0.39, 0.29) is 16.7 Å². The van der Waals surface area contributed by atoms with Crippen molar-refractivity contribution < 1.29 is 13.7 Å². The highest BCUT2D eigenvalue weighted by molar-refractivity contribution is 7.86. The molecule has 5 nitrogen and oxygen atoms in total. The first-order valence-corrected chi connectivity index (χ1v) is 7.20. The predicted molar refractivity (Wildman–Crippen MR) is 68.4 cm³/mol. The van der Waals surface area contributed by atoms with Gasteiger partial charge >= 0.3 is 0 Å². The van der Waals surface area contributed by atoms with E-state index in [1.54, 1.807) is 0 Å². The van der Waals surface area contributed by atoms with Crippen LogP contribution < -0.4 is 10.6 Å². The maximum Gasteiger partial charge on any atom is 0.239 e. The molecule has 0 aromatic rings. The SMILES string of the molecule is CC(C)(C)S(=O)CCNC(=O)C1COCCN1. The molecule has 0 aromatic heterocycles. The van der Waals surface area contributed by atoms with Gasteiger partial charge in [-0.25, -0.2) is 0 Å². The zero-order valence-corrected chi connectivity index (χ0v) is 11.6. The molecule has 1 aliphatic heterocycles. The van der Waals surface area contributed by atoms with Crippen molar-refractivity contribution in [3.8, 4) is 0 Å². The quantitative estimate of drug-likeness (QED) is 0.726. The summed E-state index contributed by atoms with van der Waals surface area (Å²) in [7, 11) is -0.925. The topological polar surface area (TPSA) is 67.4 Å². The van der Waals surface area contributed by atoms with Gasteiger partial charge in [0.15, 0.2) is 0 Å². The minimum absolute atomic E-state index is 0.0735. The van der Waals surface area contributed by atoms with Crippen molar-refractivity contribution in [1.82, 2.24) is 10.6 Å². The van der Waals surface area contributed by atoms with Gasteiger partial charge < -0.3 is 15.4 Å². The first-order valence-electron chi connectivity index (χ1n) is 5.88. The van der Waals surface area contributed by atoms with Crippen molar-refractivity contribution in [1.29, 1.82) is 0 Å². The second-order valence-corrected chi connectivity index (χ2v) is 7.36. The molecule has 2 unspecified atom stereocenters. The molecule has 2 atom stereocenters. The molecule has 1 heterocycles. The van der Waals surface area contributed by atoms with E-state index in [0.29, 0.717) is 32.1 Å². The van der Waals surface area contributed by atoms with Gasteiger partial charge in [-0.1, -0.05) is 0 Å². The van der Waals surface area contributed by atoms with Crippen LogP contribution in [0.15, 0.2) is 0 Å². The lowest BCUT2D eigenvalue weighted by Gasteiger charge is -2.23. The molecular formula is C11H22N2O3S. The van der Waals surface area contributed by atoms with Crippen LogP contribution in [0.2, 0.25) is 0 Å². The van der Waals surface area contributed by atoms with E-state index in [0.717, 1.165) is 0 Å². The minimum atomic E-state index is -0.925. The monoisotopic (exact) mass is 262 g/mol. The maximum atomic E-state index is 11.7. The number of carbonyl (C=O) groups excluding carboxylic acids is 1. The van der Waals surface area contributed by atoms with E-state index in [1.807, 2.05) is 20.8 Å². The Morgan fingerprint density at radius 2 is 2.24 bits per heavy atom. The lowest BCUT2D eigenvalue weighted by molar-refractivity contribution is -0.125. The normalized spacial score (nSPS) is 23.1. The molecule has 0 spiro atoms. The van der Waals surface area contributed by atoms with Gasteiger partial charge in [-0.2, -0.15) is 0 Å². The van der Waals surface area contributed by atoms with Crippen molar-refractivity contribution in [2.75, 3.05) is 32.1 Å². The molecule has 1 fully saturated rings. The Labute approximate surface area is 105 Å². The van der Waals surface area contributed by atoms with Crippen LogP contribution in [0.25, 0.3) is 0 Å². The molecule has 1 rings (SSSR count). The first-order chi connectivity index (χ1) is 7.91. The van der Waals surface area contributed by atoms with Crippen molar-refractivity contribution in [3.63, 3.8) is 0 Å². The molecule has 17 heavy (non-hydrogen) atoms. The summed E-state index contributed by atoms with van der Waals surface area (Å²) in [5.74, 6) is 0.415. The molecule has 0 radical (unpaired) electrons. The predicted octanol–water partition coefficient (Wildman–Crippen LogP) is -0.362. The molecule has 1 amide bonds. The van der Waals surface area contributed by atoms with Crippen molar-refractivity contribution in [2.24, 2.45) is 0 Å². The summed E-state index contributed by atoms with van der Waals surface area (Å²) < 4.78 is 16.7. The van der Waals surface area contributed by atoms with Crippen LogP contribution in [0.5, 0.6) is 0 Å². The third-order valence-corrected chi connectivity index (χ3v) is 4.45. The number of carbonyl (C=O) groups is 1. The largest absolute Gasteiger partial charge is 0.378 e. The number of rotatable bonds is 4. The number of ether oxygens (including phenoxy) is 1. The van der Waals surface area contributed by atoms with Gasteiger partial charge in [-0.15, -0.1) is 0 Å². The molecule has 1 saturated heterocycles. The van der Waals surface area contributed by atoms with Crippen molar-refractivity contribution in [2.45, 2.75) is 31.6 Å². The Balaban J connectivity index is 2.22. The number of amides is 1. The average Bonchev–Trinajstić information content (AvgIpc) is 2.28. The number of hydrogen-bond acceptors (Lipinski definition) is 4. The highest BCUT2D eigenvalue weighted by atomic mass is 32.2. The van der Waals surface area contributed by atoms with E-state index < -0.39 is 10.8 Å². The fourth-order valence-electron chi connectivity index (χ4n) is 1.43. The highest BCUT2D eigenvalue weighted by Gasteiger charge is 2.22. The molecule has 0 aliphatic carbocycles. The van der Waals surface area contributed by atoms with Gasteiger partial charge in [-0.05, 0) is 20.8 Å². The van der Waals surface area contributed by atoms with E-state index in [9.17, 15) is 9.00 Å². The minimum Gasteiger partial charge on any atom is -0.378 e. The summed E-state index contributed by atoms with van der Waals surface area (Å²) in [5, 5.41) is 5.86. The van der Waals surface area contributed by atoms with E-state index in [1.165, 1.54) is 0 Å². The average molecular weight is 262 g/mol. The van der Waals surface area contributed by atoms with Crippen LogP contribution in [-0.4, -0.2) is 53.0 Å². The van der Waals surface area contributed by atoms with Crippen LogP contribution >= 0.6 is 0 Å². The molecule has 0 saturated carbocycles. The molecule has 0 aromatic carbocycles. The summed E-state index contributed by atoms with van der Waals surface area (Å²) in [5.41, 5.74) is 0. The zero-order valence-electron chi connectivity index (χ0n) is 10.7.